The third-order valence-corrected chi connectivity index (χ3v) is 2.27. The largest absolute Gasteiger partial charge is 0.161 e. The first-order valence-electron chi connectivity index (χ1n) is 4.07. The third-order valence-electron chi connectivity index (χ3n) is 1.65. The fourth-order valence-corrected chi connectivity index (χ4v) is 1.61. The molecule has 0 aliphatic carbocycles. The van der Waals surface area contributed by atoms with Crippen LogP contribution in [0, 0.1) is 0 Å². The number of hydrogen-bond acceptors (Lipinski definition) is 1. The Morgan fingerprint density at radius 1 is 1.25 bits per heavy atom. The number of allylic oxidation sites excluding steroid dienone is 1. The summed E-state index contributed by atoms with van der Waals surface area (Å²) in [4.78, 5) is 0. The maximum absolute atomic E-state index is 2.19. The summed E-state index contributed by atoms with van der Waals surface area (Å²) in [5.74, 6) is 1.11. The molecule has 0 nitrogen and oxygen atoms in total. The van der Waals surface area contributed by atoms with Crippen LogP contribution in [0.4, 0.5) is 0 Å². The zero-order valence-corrected chi connectivity index (χ0v) is 8.40. The Morgan fingerprint density at radius 3 is 2.42 bits per heavy atom. The number of benzene rings is 1. The van der Waals surface area contributed by atoms with Crippen molar-refractivity contribution >= 4 is 17.8 Å². The summed E-state index contributed by atoms with van der Waals surface area (Å²) in [6, 6.07) is 8.69. The highest BCUT2D eigenvalue weighted by atomic mass is 32.2. The second-order valence-electron chi connectivity index (χ2n) is 2.67. The minimum absolute atomic E-state index is 1.11. The highest BCUT2D eigenvalue weighted by Gasteiger charge is 1.89. The predicted octanol–water partition coefficient (Wildman–Crippen LogP) is 3.58. The van der Waals surface area contributed by atoms with Gasteiger partial charge in [-0.25, -0.2) is 0 Å². The van der Waals surface area contributed by atoms with E-state index in [-0.39, 0.29) is 0 Å². The first-order valence-corrected chi connectivity index (χ1v) is 5.47. The lowest BCUT2D eigenvalue weighted by Gasteiger charge is -1.98. The maximum Gasteiger partial charge on any atom is 0.0181 e. The number of hydrogen-bond donors (Lipinski definition) is 0. The molecule has 0 amide bonds. The van der Waals surface area contributed by atoms with E-state index in [9.17, 15) is 0 Å². The van der Waals surface area contributed by atoms with Crippen LogP contribution in [0.5, 0.6) is 0 Å². The predicted molar refractivity (Wildman–Crippen MR) is 58.4 cm³/mol. The molecule has 0 bridgehead atoms. The van der Waals surface area contributed by atoms with Crippen LogP contribution < -0.4 is 0 Å². The molecule has 0 atom stereocenters. The summed E-state index contributed by atoms with van der Waals surface area (Å²) in [6.07, 6.45) is 6.30. The zero-order valence-electron chi connectivity index (χ0n) is 7.58. The van der Waals surface area contributed by atoms with Gasteiger partial charge in [-0.2, -0.15) is 11.8 Å². The molecule has 0 aromatic heterocycles. The molecule has 0 heterocycles. The van der Waals surface area contributed by atoms with E-state index in [2.05, 4.69) is 42.7 Å². The van der Waals surface area contributed by atoms with E-state index in [1.807, 2.05) is 18.7 Å². The van der Waals surface area contributed by atoms with Crippen LogP contribution in [0.2, 0.25) is 0 Å². The van der Waals surface area contributed by atoms with Crippen molar-refractivity contribution in [3.8, 4) is 0 Å². The summed E-state index contributed by atoms with van der Waals surface area (Å²) in [6.45, 7) is 2.04. The fourth-order valence-electron chi connectivity index (χ4n) is 1.08. The molecule has 0 aliphatic rings. The van der Waals surface area contributed by atoms with Crippen LogP contribution in [0.25, 0.3) is 6.08 Å². The van der Waals surface area contributed by atoms with Gasteiger partial charge in [0.15, 0.2) is 0 Å². The first-order chi connectivity index (χ1) is 5.86. The average molecular weight is 178 g/mol. The van der Waals surface area contributed by atoms with Gasteiger partial charge in [0, 0.05) is 5.75 Å². The molecular weight excluding hydrogens is 164 g/mol. The van der Waals surface area contributed by atoms with Gasteiger partial charge in [-0.3, -0.25) is 0 Å². The Bertz CT molecular complexity index is 246. The molecular formula is C11H14S. The van der Waals surface area contributed by atoms with Gasteiger partial charge >= 0.3 is 0 Å². The van der Waals surface area contributed by atoms with E-state index >= 15 is 0 Å². The van der Waals surface area contributed by atoms with Gasteiger partial charge < -0.3 is 0 Å². The van der Waals surface area contributed by atoms with Crippen molar-refractivity contribution in [3.63, 3.8) is 0 Å². The first kappa shape index (κ1) is 9.40. The molecule has 1 rings (SSSR count). The van der Waals surface area contributed by atoms with Gasteiger partial charge in [-0.15, -0.1) is 0 Å². The quantitative estimate of drug-likeness (QED) is 0.681. The second-order valence-corrected chi connectivity index (χ2v) is 3.54. The van der Waals surface area contributed by atoms with Crippen LogP contribution in [-0.2, 0) is 5.75 Å². The van der Waals surface area contributed by atoms with Crippen molar-refractivity contribution in [1.82, 2.24) is 0 Å². The summed E-state index contributed by atoms with van der Waals surface area (Å²) in [5.41, 5.74) is 2.68. The van der Waals surface area contributed by atoms with Crippen LogP contribution in [0.1, 0.15) is 18.1 Å². The Kier molecular flexibility index (Phi) is 3.95. The van der Waals surface area contributed by atoms with E-state index in [1.54, 1.807) is 0 Å². The van der Waals surface area contributed by atoms with Crippen LogP contribution in [0.3, 0.4) is 0 Å². The highest BCUT2D eigenvalue weighted by molar-refractivity contribution is 7.97. The normalized spacial score (nSPS) is 10.8. The molecule has 12 heavy (non-hydrogen) atoms. The molecule has 0 unspecified atom stereocenters. The second kappa shape index (κ2) is 5.04. The van der Waals surface area contributed by atoms with Crippen molar-refractivity contribution in [3.05, 3.63) is 41.5 Å². The Balaban J connectivity index is 2.71. The Labute approximate surface area is 78.7 Å². The third kappa shape index (κ3) is 2.74. The molecule has 0 aliphatic heterocycles. The van der Waals surface area contributed by atoms with Crippen molar-refractivity contribution in [2.75, 3.05) is 6.26 Å². The molecule has 64 valence electrons. The average Bonchev–Trinajstić information content (AvgIpc) is 2.09. The Hall–Kier alpha value is -0.690. The van der Waals surface area contributed by atoms with Crippen LogP contribution >= 0.6 is 11.8 Å². The van der Waals surface area contributed by atoms with Crippen LogP contribution in [0.15, 0.2) is 30.3 Å². The van der Waals surface area contributed by atoms with E-state index in [0.29, 0.717) is 0 Å². The monoisotopic (exact) mass is 178 g/mol. The van der Waals surface area contributed by atoms with Gasteiger partial charge in [0.25, 0.3) is 0 Å². The molecule has 0 spiro atoms. The summed E-state index contributed by atoms with van der Waals surface area (Å²) in [5, 5.41) is 0. The molecule has 0 saturated heterocycles. The maximum atomic E-state index is 2.19. The molecule has 1 aromatic rings. The van der Waals surface area contributed by atoms with Crippen molar-refractivity contribution in [2.24, 2.45) is 0 Å². The minimum Gasteiger partial charge on any atom is -0.161 e. The topological polar surface area (TPSA) is 0 Å². The Morgan fingerprint density at radius 2 is 1.92 bits per heavy atom. The lowest BCUT2D eigenvalue weighted by Crippen LogP contribution is -1.79. The SMILES string of the molecule is CC=Cc1ccc(CSC)cc1. The minimum atomic E-state index is 1.11. The van der Waals surface area contributed by atoms with Gasteiger partial charge in [0.1, 0.15) is 0 Å². The van der Waals surface area contributed by atoms with Crippen molar-refractivity contribution < 1.29 is 0 Å². The lowest BCUT2D eigenvalue weighted by molar-refractivity contribution is 1.41. The van der Waals surface area contributed by atoms with E-state index in [1.165, 1.54) is 11.1 Å². The summed E-state index contributed by atoms with van der Waals surface area (Å²) >= 11 is 1.86. The van der Waals surface area contributed by atoms with Crippen molar-refractivity contribution in [2.45, 2.75) is 12.7 Å². The van der Waals surface area contributed by atoms with Gasteiger partial charge in [-0.1, -0.05) is 36.4 Å². The highest BCUT2D eigenvalue weighted by Crippen LogP contribution is 2.11. The number of rotatable bonds is 3. The fraction of sp³-hybridized carbons (Fsp3) is 0.273. The molecule has 0 fully saturated rings. The van der Waals surface area contributed by atoms with Gasteiger partial charge in [0.2, 0.25) is 0 Å². The number of thioether (sulfide) groups is 1. The molecule has 1 heteroatoms. The standard InChI is InChI=1S/C11H14S/c1-3-4-10-5-7-11(8-6-10)9-12-2/h3-8H,9H2,1-2H3. The van der Waals surface area contributed by atoms with E-state index in [0.717, 1.165) is 5.75 Å². The van der Waals surface area contributed by atoms with Crippen molar-refractivity contribution in [1.29, 1.82) is 0 Å². The van der Waals surface area contributed by atoms with E-state index < -0.39 is 0 Å². The lowest BCUT2D eigenvalue weighted by atomic mass is 10.1. The molecule has 0 radical (unpaired) electrons. The van der Waals surface area contributed by atoms with Gasteiger partial charge in [-0.05, 0) is 24.3 Å². The molecule has 1 aromatic carbocycles. The van der Waals surface area contributed by atoms with E-state index in [4.69, 9.17) is 0 Å². The molecule has 0 N–H and O–H groups in total. The van der Waals surface area contributed by atoms with Crippen LogP contribution in [-0.4, -0.2) is 6.26 Å². The smallest absolute Gasteiger partial charge is 0.0181 e. The van der Waals surface area contributed by atoms with Gasteiger partial charge in [0.05, 0.1) is 0 Å². The zero-order chi connectivity index (χ0) is 8.81. The summed E-state index contributed by atoms with van der Waals surface area (Å²) in [7, 11) is 0. The molecule has 0 saturated carbocycles. The summed E-state index contributed by atoms with van der Waals surface area (Å²) < 4.78 is 0.